The molecule has 0 bridgehead atoms. The molecule has 5 heteroatoms. The van der Waals surface area contributed by atoms with E-state index < -0.39 is 5.54 Å². The van der Waals surface area contributed by atoms with Gasteiger partial charge in [-0.1, -0.05) is 6.92 Å². The molecule has 2 aromatic heterocycles. The minimum Gasteiger partial charge on any atom is -0.319 e. The Bertz CT molecular complexity index is 480. The SMILES string of the molecule is CCc1nc(C(C)(C)N)n2ncncc12. The minimum absolute atomic E-state index is 0.495. The van der Waals surface area contributed by atoms with Gasteiger partial charge in [0.05, 0.1) is 17.4 Å². The molecule has 0 saturated carbocycles. The lowest BCUT2D eigenvalue weighted by Crippen LogP contribution is -2.31. The third kappa shape index (κ3) is 1.59. The highest BCUT2D eigenvalue weighted by atomic mass is 15.3. The van der Waals surface area contributed by atoms with Crippen molar-refractivity contribution in [1.29, 1.82) is 0 Å². The number of imidazole rings is 1. The van der Waals surface area contributed by atoms with Gasteiger partial charge in [0.15, 0.2) is 0 Å². The lowest BCUT2D eigenvalue weighted by Gasteiger charge is -2.15. The number of aryl methyl sites for hydroxylation is 1. The van der Waals surface area contributed by atoms with Crippen LogP contribution in [0.1, 0.15) is 32.3 Å². The standard InChI is InChI=1S/C10H15N5/c1-4-7-8-5-12-6-13-15(8)9(14-7)10(2,3)11/h5-6H,4,11H2,1-3H3. The van der Waals surface area contributed by atoms with E-state index in [0.29, 0.717) is 0 Å². The number of hydrogen-bond acceptors (Lipinski definition) is 4. The van der Waals surface area contributed by atoms with Gasteiger partial charge in [-0.05, 0) is 20.3 Å². The molecule has 5 nitrogen and oxygen atoms in total. The fourth-order valence-corrected chi connectivity index (χ4v) is 1.58. The molecule has 2 rings (SSSR count). The van der Waals surface area contributed by atoms with Gasteiger partial charge in [-0.3, -0.25) is 0 Å². The molecular formula is C10H15N5. The van der Waals surface area contributed by atoms with Gasteiger partial charge in [-0.2, -0.15) is 5.10 Å². The van der Waals surface area contributed by atoms with Crippen molar-refractivity contribution in [3.8, 4) is 0 Å². The molecule has 15 heavy (non-hydrogen) atoms. The summed E-state index contributed by atoms with van der Waals surface area (Å²) in [6.45, 7) is 5.90. The van der Waals surface area contributed by atoms with E-state index in [1.165, 1.54) is 6.33 Å². The molecule has 0 aromatic carbocycles. The van der Waals surface area contributed by atoms with Gasteiger partial charge >= 0.3 is 0 Å². The summed E-state index contributed by atoms with van der Waals surface area (Å²) in [7, 11) is 0. The summed E-state index contributed by atoms with van der Waals surface area (Å²) in [6.07, 6.45) is 4.13. The predicted molar refractivity (Wildman–Crippen MR) is 57.4 cm³/mol. The molecule has 0 radical (unpaired) electrons. The fourth-order valence-electron chi connectivity index (χ4n) is 1.58. The van der Waals surface area contributed by atoms with Crippen LogP contribution in [0, 0.1) is 0 Å². The lowest BCUT2D eigenvalue weighted by molar-refractivity contribution is 0.499. The maximum Gasteiger partial charge on any atom is 0.150 e. The molecule has 80 valence electrons. The smallest absolute Gasteiger partial charge is 0.150 e. The van der Waals surface area contributed by atoms with E-state index in [1.807, 2.05) is 13.8 Å². The summed E-state index contributed by atoms with van der Waals surface area (Å²) in [5, 5.41) is 4.18. The molecule has 0 spiro atoms. The van der Waals surface area contributed by atoms with E-state index in [2.05, 4.69) is 22.0 Å². The first-order chi connectivity index (χ1) is 7.04. The Hall–Kier alpha value is -1.49. The second kappa shape index (κ2) is 3.27. The van der Waals surface area contributed by atoms with Crippen LogP contribution in [0.5, 0.6) is 0 Å². The van der Waals surface area contributed by atoms with Crippen molar-refractivity contribution in [2.75, 3.05) is 0 Å². The third-order valence-electron chi connectivity index (χ3n) is 2.31. The summed E-state index contributed by atoms with van der Waals surface area (Å²) in [5.74, 6) is 0.775. The maximum atomic E-state index is 6.05. The summed E-state index contributed by atoms with van der Waals surface area (Å²) >= 11 is 0. The van der Waals surface area contributed by atoms with Crippen LogP contribution in [-0.2, 0) is 12.0 Å². The minimum atomic E-state index is -0.495. The van der Waals surface area contributed by atoms with E-state index in [9.17, 15) is 0 Å². The Kier molecular flexibility index (Phi) is 2.19. The number of fused-ring (bicyclic) bond motifs is 1. The first-order valence-corrected chi connectivity index (χ1v) is 5.01. The van der Waals surface area contributed by atoms with Crippen LogP contribution in [0.25, 0.3) is 5.52 Å². The second-order valence-corrected chi connectivity index (χ2v) is 4.16. The normalized spacial score (nSPS) is 12.3. The number of nitrogens with zero attached hydrogens (tertiary/aromatic N) is 4. The van der Waals surface area contributed by atoms with Crippen molar-refractivity contribution in [3.05, 3.63) is 24.0 Å². The Morgan fingerprint density at radius 1 is 1.47 bits per heavy atom. The Balaban J connectivity index is 2.76. The van der Waals surface area contributed by atoms with Gasteiger partial charge in [0.2, 0.25) is 0 Å². The summed E-state index contributed by atoms with van der Waals surface area (Å²) in [4.78, 5) is 8.52. The Morgan fingerprint density at radius 3 is 2.80 bits per heavy atom. The van der Waals surface area contributed by atoms with E-state index in [4.69, 9.17) is 5.73 Å². The molecule has 0 atom stereocenters. The van der Waals surface area contributed by atoms with Gasteiger partial charge in [0.1, 0.15) is 17.7 Å². The molecular weight excluding hydrogens is 190 g/mol. The number of rotatable bonds is 2. The zero-order chi connectivity index (χ0) is 11.1. The lowest BCUT2D eigenvalue weighted by atomic mass is 10.1. The molecule has 0 aliphatic rings. The zero-order valence-electron chi connectivity index (χ0n) is 9.23. The highest BCUT2D eigenvalue weighted by Gasteiger charge is 2.23. The molecule has 2 aromatic rings. The average Bonchev–Trinajstić information content (AvgIpc) is 2.55. The third-order valence-corrected chi connectivity index (χ3v) is 2.31. The average molecular weight is 205 g/mol. The van der Waals surface area contributed by atoms with Crippen LogP contribution in [-0.4, -0.2) is 19.6 Å². The Morgan fingerprint density at radius 2 is 2.20 bits per heavy atom. The van der Waals surface area contributed by atoms with E-state index in [0.717, 1.165) is 23.5 Å². The number of nitrogens with two attached hydrogens (primary N) is 1. The topological polar surface area (TPSA) is 69.1 Å². The van der Waals surface area contributed by atoms with Crippen LogP contribution in [0.15, 0.2) is 12.5 Å². The summed E-state index contributed by atoms with van der Waals surface area (Å²) < 4.78 is 1.77. The zero-order valence-corrected chi connectivity index (χ0v) is 9.23. The van der Waals surface area contributed by atoms with Crippen LogP contribution in [0.4, 0.5) is 0 Å². The summed E-state index contributed by atoms with van der Waals surface area (Å²) in [6, 6.07) is 0. The monoisotopic (exact) mass is 205 g/mol. The van der Waals surface area contributed by atoms with Gasteiger partial charge in [0.25, 0.3) is 0 Å². The van der Waals surface area contributed by atoms with E-state index in [1.54, 1.807) is 10.7 Å². The van der Waals surface area contributed by atoms with Crippen LogP contribution in [0.2, 0.25) is 0 Å². The first-order valence-electron chi connectivity index (χ1n) is 5.01. The number of hydrogen-bond donors (Lipinski definition) is 1. The largest absolute Gasteiger partial charge is 0.319 e. The van der Waals surface area contributed by atoms with Crippen LogP contribution in [0.3, 0.4) is 0 Å². The molecule has 0 aliphatic heterocycles. The van der Waals surface area contributed by atoms with Gasteiger partial charge in [-0.15, -0.1) is 0 Å². The molecule has 0 amide bonds. The van der Waals surface area contributed by atoms with Crippen molar-refractivity contribution in [2.45, 2.75) is 32.7 Å². The van der Waals surface area contributed by atoms with Gasteiger partial charge in [-0.25, -0.2) is 14.5 Å². The van der Waals surface area contributed by atoms with Gasteiger partial charge in [0, 0.05) is 0 Å². The first kappa shape index (κ1) is 10.0. The fraction of sp³-hybridized carbons (Fsp3) is 0.500. The highest BCUT2D eigenvalue weighted by molar-refractivity contribution is 5.50. The molecule has 2 N–H and O–H groups in total. The van der Waals surface area contributed by atoms with Crippen molar-refractivity contribution >= 4 is 5.52 Å². The van der Waals surface area contributed by atoms with Crippen molar-refractivity contribution in [1.82, 2.24) is 19.6 Å². The van der Waals surface area contributed by atoms with Crippen molar-refractivity contribution in [2.24, 2.45) is 5.73 Å². The predicted octanol–water partition coefficient (Wildman–Crippen LogP) is 0.880. The van der Waals surface area contributed by atoms with Crippen LogP contribution < -0.4 is 5.73 Å². The number of aromatic nitrogens is 4. The molecule has 0 saturated heterocycles. The van der Waals surface area contributed by atoms with Crippen LogP contribution >= 0.6 is 0 Å². The highest BCUT2D eigenvalue weighted by Crippen LogP contribution is 2.19. The molecule has 2 heterocycles. The Labute approximate surface area is 88.3 Å². The molecule has 0 unspecified atom stereocenters. The molecule has 0 aliphatic carbocycles. The quantitative estimate of drug-likeness (QED) is 0.790. The molecule has 0 fully saturated rings. The van der Waals surface area contributed by atoms with Gasteiger partial charge < -0.3 is 5.73 Å². The van der Waals surface area contributed by atoms with E-state index in [-0.39, 0.29) is 0 Å². The van der Waals surface area contributed by atoms with Crippen molar-refractivity contribution < 1.29 is 0 Å². The summed E-state index contributed by atoms with van der Waals surface area (Å²) in [5.41, 5.74) is 7.48. The van der Waals surface area contributed by atoms with Crippen molar-refractivity contribution in [3.63, 3.8) is 0 Å². The second-order valence-electron chi connectivity index (χ2n) is 4.16. The van der Waals surface area contributed by atoms with E-state index >= 15 is 0 Å². The maximum absolute atomic E-state index is 6.05.